The van der Waals surface area contributed by atoms with Crippen LogP contribution < -0.4 is 0 Å². The molecule has 0 unspecified atom stereocenters. The Balaban J connectivity index is 2.06. The molecule has 3 aromatic rings. The molecule has 108 valence electrons. The molecule has 0 radical (unpaired) electrons. The highest BCUT2D eigenvalue weighted by Crippen LogP contribution is 2.18. The molecule has 0 atom stereocenters. The van der Waals surface area contributed by atoms with Gasteiger partial charge in [-0.3, -0.25) is 0 Å². The number of pyridine rings is 1. The molecule has 0 fully saturated rings. The Morgan fingerprint density at radius 1 is 1.14 bits per heavy atom. The van der Waals surface area contributed by atoms with Crippen molar-refractivity contribution < 1.29 is 0 Å². The molecular weight excluding hydrogens is 258 g/mol. The summed E-state index contributed by atoms with van der Waals surface area (Å²) in [6.07, 6.45) is 2.82. The van der Waals surface area contributed by atoms with Crippen molar-refractivity contribution >= 4 is 11.2 Å². The normalized spacial score (nSPS) is 11.4. The van der Waals surface area contributed by atoms with E-state index in [0.717, 1.165) is 30.0 Å². The van der Waals surface area contributed by atoms with Crippen molar-refractivity contribution in [3.8, 4) is 0 Å². The SMILES string of the molecule is Cc1cccc(Cn2c(CC(C)C)nc3cccnc32)c1. The summed E-state index contributed by atoms with van der Waals surface area (Å²) in [4.78, 5) is 9.30. The third kappa shape index (κ3) is 2.97. The van der Waals surface area contributed by atoms with Crippen LogP contribution in [0.3, 0.4) is 0 Å². The summed E-state index contributed by atoms with van der Waals surface area (Å²) in [6.45, 7) is 7.41. The Morgan fingerprint density at radius 2 is 2.00 bits per heavy atom. The summed E-state index contributed by atoms with van der Waals surface area (Å²) in [5.74, 6) is 1.71. The fourth-order valence-corrected chi connectivity index (χ4v) is 2.69. The minimum absolute atomic E-state index is 0.582. The van der Waals surface area contributed by atoms with Crippen LogP contribution >= 0.6 is 0 Å². The molecule has 0 bridgehead atoms. The van der Waals surface area contributed by atoms with Crippen LogP contribution in [-0.2, 0) is 13.0 Å². The zero-order valence-corrected chi connectivity index (χ0v) is 12.9. The first-order valence-corrected chi connectivity index (χ1v) is 7.49. The maximum absolute atomic E-state index is 4.77. The van der Waals surface area contributed by atoms with Gasteiger partial charge in [0, 0.05) is 12.6 Å². The topological polar surface area (TPSA) is 30.7 Å². The Hall–Kier alpha value is -2.16. The molecule has 0 N–H and O–H groups in total. The molecular formula is C18H21N3. The summed E-state index contributed by atoms with van der Waals surface area (Å²) in [5.41, 5.74) is 4.55. The van der Waals surface area contributed by atoms with Gasteiger partial charge in [-0.15, -0.1) is 0 Å². The standard InChI is InChI=1S/C18H21N3/c1-13(2)10-17-20-16-8-5-9-19-18(16)21(17)12-15-7-4-6-14(3)11-15/h4-9,11,13H,10,12H2,1-3H3. The average Bonchev–Trinajstić information content (AvgIpc) is 2.76. The van der Waals surface area contributed by atoms with Crippen molar-refractivity contribution in [2.75, 3.05) is 0 Å². The monoisotopic (exact) mass is 279 g/mol. The van der Waals surface area contributed by atoms with Crippen LogP contribution in [0.2, 0.25) is 0 Å². The minimum Gasteiger partial charge on any atom is -0.308 e. The lowest BCUT2D eigenvalue weighted by molar-refractivity contribution is 0.594. The van der Waals surface area contributed by atoms with Gasteiger partial charge in [-0.05, 0) is 30.5 Å². The second-order valence-corrected chi connectivity index (χ2v) is 6.05. The van der Waals surface area contributed by atoms with Crippen molar-refractivity contribution in [2.24, 2.45) is 5.92 Å². The number of aryl methyl sites for hydroxylation is 1. The fraction of sp³-hybridized carbons (Fsp3) is 0.333. The van der Waals surface area contributed by atoms with Gasteiger partial charge in [0.15, 0.2) is 5.65 Å². The highest BCUT2D eigenvalue weighted by molar-refractivity contribution is 5.71. The molecule has 1 aromatic carbocycles. The highest BCUT2D eigenvalue weighted by Gasteiger charge is 2.13. The van der Waals surface area contributed by atoms with Gasteiger partial charge < -0.3 is 4.57 Å². The average molecular weight is 279 g/mol. The van der Waals surface area contributed by atoms with Gasteiger partial charge in [0.05, 0.1) is 6.54 Å². The second-order valence-electron chi connectivity index (χ2n) is 6.05. The summed E-state index contributed by atoms with van der Waals surface area (Å²) in [5, 5.41) is 0. The van der Waals surface area contributed by atoms with Gasteiger partial charge in [-0.1, -0.05) is 43.7 Å². The zero-order chi connectivity index (χ0) is 14.8. The smallest absolute Gasteiger partial charge is 0.160 e. The zero-order valence-electron chi connectivity index (χ0n) is 12.9. The van der Waals surface area contributed by atoms with E-state index in [-0.39, 0.29) is 0 Å². The molecule has 2 aromatic heterocycles. The molecule has 0 aliphatic rings. The summed E-state index contributed by atoms with van der Waals surface area (Å²) in [6, 6.07) is 12.6. The molecule has 0 aliphatic carbocycles. The number of fused-ring (bicyclic) bond motifs is 1. The molecule has 0 aliphatic heterocycles. The Labute approximate surface area is 125 Å². The molecule has 0 saturated carbocycles. The van der Waals surface area contributed by atoms with Crippen molar-refractivity contribution in [1.82, 2.24) is 14.5 Å². The van der Waals surface area contributed by atoms with Gasteiger partial charge in [-0.25, -0.2) is 9.97 Å². The van der Waals surface area contributed by atoms with E-state index in [1.165, 1.54) is 11.1 Å². The van der Waals surface area contributed by atoms with Crippen LogP contribution in [0, 0.1) is 12.8 Å². The number of rotatable bonds is 4. The minimum atomic E-state index is 0.582. The van der Waals surface area contributed by atoms with E-state index in [1.807, 2.05) is 18.3 Å². The van der Waals surface area contributed by atoms with Crippen molar-refractivity contribution in [3.63, 3.8) is 0 Å². The highest BCUT2D eigenvalue weighted by atomic mass is 15.1. The van der Waals surface area contributed by atoms with E-state index in [0.29, 0.717) is 5.92 Å². The Kier molecular flexibility index (Phi) is 3.74. The van der Waals surface area contributed by atoms with Crippen LogP contribution in [0.15, 0.2) is 42.6 Å². The third-order valence-electron chi connectivity index (χ3n) is 3.60. The van der Waals surface area contributed by atoms with Crippen molar-refractivity contribution in [2.45, 2.75) is 33.7 Å². The first kappa shape index (κ1) is 13.8. The quantitative estimate of drug-likeness (QED) is 0.723. The maximum Gasteiger partial charge on any atom is 0.160 e. The lowest BCUT2D eigenvalue weighted by Crippen LogP contribution is -2.08. The Morgan fingerprint density at radius 3 is 2.76 bits per heavy atom. The molecule has 3 rings (SSSR count). The molecule has 2 heterocycles. The third-order valence-corrected chi connectivity index (χ3v) is 3.60. The van der Waals surface area contributed by atoms with Crippen LogP contribution in [-0.4, -0.2) is 14.5 Å². The molecule has 0 saturated heterocycles. The molecule has 0 spiro atoms. The van der Waals surface area contributed by atoms with Gasteiger partial charge in [-0.2, -0.15) is 0 Å². The van der Waals surface area contributed by atoms with Gasteiger partial charge in [0.1, 0.15) is 11.3 Å². The van der Waals surface area contributed by atoms with Crippen molar-refractivity contribution in [1.29, 1.82) is 0 Å². The van der Waals surface area contributed by atoms with E-state index in [4.69, 9.17) is 4.98 Å². The number of nitrogens with zero attached hydrogens (tertiary/aromatic N) is 3. The van der Waals surface area contributed by atoms with Gasteiger partial charge in [0.25, 0.3) is 0 Å². The largest absolute Gasteiger partial charge is 0.308 e. The maximum atomic E-state index is 4.77. The lowest BCUT2D eigenvalue weighted by Gasteiger charge is -2.11. The summed E-state index contributed by atoms with van der Waals surface area (Å²) >= 11 is 0. The van der Waals surface area contributed by atoms with Crippen LogP contribution in [0.25, 0.3) is 11.2 Å². The number of imidazole rings is 1. The molecule has 3 heteroatoms. The van der Waals surface area contributed by atoms with E-state index in [1.54, 1.807) is 0 Å². The van der Waals surface area contributed by atoms with E-state index in [9.17, 15) is 0 Å². The first-order chi connectivity index (χ1) is 10.1. The van der Waals surface area contributed by atoms with E-state index in [2.05, 4.69) is 54.6 Å². The number of aromatic nitrogens is 3. The van der Waals surface area contributed by atoms with Crippen LogP contribution in [0.5, 0.6) is 0 Å². The summed E-state index contributed by atoms with van der Waals surface area (Å²) in [7, 11) is 0. The predicted molar refractivity (Wildman–Crippen MR) is 86.4 cm³/mol. The fourth-order valence-electron chi connectivity index (χ4n) is 2.69. The molecule has 21 heavy (non-hydrogen) atoms. The first-order valence-electron chi connectivity index (χ1n) is 7.49. The number of benzene rings is 1. The number of hydrogen-bond donors (Lipinski definition) is 0. The molecule has 3 nitrogen and oxygen atoms in total. The predicted octanol–water partition coefficient (Wildman–Crippen LogP) is 3.99. The van der Waals surface area contributed by atoms with Crippen LogP contribution in [0.4, 0.5) is 0 Å². The van der Waals surface area contributed by atoms with E-state index >= 15 is 0 Å². The van der Waals surface area contributed by atoms with Crippen molar-refractivity contribution in [3.05, 3.63) is 59.5 Å². The lowest BCUT2D eigenvalue weighted by atomic mass is 10.1. The molecule has 0 amide bonds. The number of hydrogen-bond acceptors (Lipinski definition) is 2. The Bertz CT molecular complexity index is 756. The summed E-state index contributed by atoms with van der Waals surface area (Å²) < 4.78 is 2.25. The van der Waals surface area contributed by atoms with Gasteiger partial charge in [0.2, 0.25) is 0 Å². The van der Waals surface area contributed by atoms with Crippen LogP contribution in [0.1, 0.15) is 30.8 Å². The van der Waals surface area contributed by atoms with E-state index < -0.39 is 0 Å². The second kappa shape index (κ2) is 5.68. The van der Waals surface area contributed by atoms with Gasteiger partial charge >= 0.3 is 0 Å².